The van der Waals surface area contributed by atoms with Crippen molar-refractivity contribution in [1.29, 1.82) is 0 Å². The number of thioether (sulfide) groups is 2. The second-order valence-electron chi connectivity index (χ2n) is 7.74. The van der Waals surface area contributed by atoms with Crippen molar-refractivity contribution in [3.8, 4) is 0 Å². The summed E-state index contributed by atoms with van der Waals surface area (Å²) in [5.41, 5.74) is 5.56. The van der Waals surface area contributed by atoms with Crippen LogP contribution in [-0.2, 0) is 31.1 Å². The Hall–Kier alpha value is -2.63. The molecule has 2 atom stereocenters. The maximum Gasteiger partial charge on any atom is 1.00 e. The van der Waals surface area contributed by atoms with Crippen LogP contribution in [0.5, 0.6) is 0 Å². The Balaban J connectivity index is 0.00000400. The molecule has 0 aliphatic carbocycles. The molecule has 0 aromatic carbocycles. The first-order valence-corrected chi connectivity index (χ1v) is 13.4. The number of amides is 2. The molecule has 4 rings (SSSR count). The summed E-state index contributed by atoms with van der Waals surface area (Å²) in [6, 6.07) is 2.74. The zero-order chi connectivity index (χ0) is 26.7. The molecule has 2 amide bonds. The summed E-state index contributed by atoms with van der Waals surface area (Å²) in [4.78, 5) is 59.1. The van der Waals surface area contributed by atoms with Crippen LogP contribution in [-0.4, -0.2) is 68.9 Å². The molecule has 38 heavy (non-hydrogen) atoms. The molecule has 0 unspecified atom stereocenters. The van der Waals surface area contributed by atoms with E-state index in [0.29, 0.717) is 17.1 Å². The number of nitrogen functional groups attached to an aromatic ring is 1. The Kier molecular flexibility index (Phi) is 10.2. The average Bonchev–Trinajstić information content (AvgIpc) is 3.29. The number of pyridine rings is 1. The third kappa shape index (κ3) is 6.68. The van der Waals surface area contributed by atoms with E-state index in [1.165, 1.54) is 28.9 Å². The standard InChI is InChI=1S/C21H20N6O7S3.Na/c1-26-4-2-11(3-5-26)35-7-10-8-36-19-15(18(31)27(19)16(10)20(32)33)24-17(30)14(25-34-6-13(28)29)12-9-37-21(22)23-12;/h2-5,9,15,19H,6-8H2,1H3,(H4-,22,23,24,28,29,30,32,33);/q;+1/p-1/b25-14-;/t15-,19-;/m1./s1. The van der Waals surface area contributed by atoms with E-state index in [1.54, 1.807) is 0 Å². The number of aromatic nitrogens is 2. The Morgan fingerprint density at radius 1 is 1.34 bits per heavy atom. The van der Waals surface area contributed by atoms with Crippen LogP contribution in [0.2, 0.25) is 0 Å². The van der Waals surface area contributed by atoms with Crippen LogP contribution >= 0.6 is 34.9 Å². The van der Waals surface area contributed by atoms with Crippen molar-refractivity contribution < 1.29 is 68.4 Å². The smallest absolute Gasteiger partial charge is 0.546 e. The molecular weight excluding hydrogens is 567 g/mol. The fourth-order valence-corrected chi connectivity index (χ4v) is 6.41. The van der Waals surface area contributed by atoms with Crippen molar-refractivity contribution in [1.82, 2.24) is 15.2 Å². The van der Waals surface area contributed by atoms with E-state index in [2.05, 4.69) is 20.3 Å². The fraction of sp³-hybridized carbons (Fsp3) is 0.286. The number of nitrogens with zero attached hydrogens (tertiary/aromatic N) is 4. The molecule has 0 bridgehead atoms. The number of oxime groups is 1. The maximum absolute atomic E-state index is 12.9. The van der Waals surface area contributed by atoms with Crippen LogP contribution in [0, 0.1) is 0 Å². The molecule has 13 nitrogen and oxygen atoms in total. The molecule has 3 N–H and O–H groups in total. The fourth-order valence-electron chi connectivity index (χ4n) is 3.50. The van der Waals surface area contributed by atoms with Crippen molar-refractivity contribution in [2.45, 2.75) is 16.3 Å². The van der Waals surface area contributed by atoms with Gasteiger partial charge in [0.2, 0.25) is 0 Å². The van der Waals surface area contributed by atoms with Gasteiger partial charge in [0.05, 0.1) is 17.6 Å². The average molecular weight is 587 g/mol. The van der Waals surface area contributed by atoms with Crippen LogP contribution in [0.15, 0.2) is 51.2 Å². The third-order valence-electron chi connectivity index (χ3n) is 5.21. The number of β-lactam (4-membered cyclic amide) rings is 1. The molecule has 4 heterocycles. The summed E-state index contributed by atoms with van der Waals surface area (Å²) in [6.45, 7) is -0.910. The summed E-state index contributed by atoms with van der Waals surface area (Å²) in [6.07, 6.45) is 3.74. The Bertz CT molecular complexity index is 1320. The summed E-state index contributed by atoms with van der Waals surface area (Å²) in [5.74, 6) is -3.88. The van der Waals surface area contributed by atoms with Gasteiger partial charge in [-0.1, -0.05) is 5.16 Å². The minimum Gasteiger partial charge on any atom is -0.546 e. The normalized spacial score (nSPS) is 18.7. The van der Waals surface area contributed by atoms with Crippen molar-refractivity contribution in [3.05, 3.63) is 46.9 Å². The van der Waals surface area contributed by atoms with Gasteiger partial charge in [0.1, 0.15) is 24.2 Å². The van der Waals surface area contributed by atoms with E-state index in [-0.39, 0.29) is 46.1 Å². The Morgan fingerprint density at radius 2 is 2.05 bits per heavy atom. The first kappa shape index (κ1) is 29.9. The van der Waals surface area contributed by atoms with Crippen LogP contribution in [0.25, 0.3) is 0 Å². The number of thiazole rings is 1. The number of fused-ring (bicyclic) bond motifs is 1. The zero-order valence-electron chi connectivity index (χ0n) is 20.1. The number of nitrogens with two attached hydrogens (primary N) is 1. The summed E-state index contributed by atoms with van der Waals surface area (Å²) < 4.78 is 1.87. The van der Waals surface area contributed by atoms with Gasteiger partial charge in [-0.3, -0.25) is 14.5 Å². The number of carboxylic acid groups (broad SMARTS) is 2. The minimum absolute atomic E-state index is 0. The molecule has 17 heteroatoms. The quantitative estimate of drug-likeness (QED) is 0.0673. The molecule has 0 radical (unpaired) electrons. The van der Waals surface area contributed by atoms with Crippen LogP contribution < -0.4 is 55.4 Å². The molecule has 0 spiro atoms. The summed E-state index contributed by atoms with van der Waals surface area (Å²) in [7, 11) is 1.88. The minimum atomic E-state index is -1.55. The SMILES string of the molecule is C[n+]1ccc(SCC2=C(C(=O)[O-])N3C(=O)[C@@H](NC(=O)/C(=N\OCC(=O)[O-])c4csc(N)n4)[C@H]3SC2)cc1.[Na+]. The van der Waals surface area contributed by atoms with Crippen molar-refractivity contribution in [2.75, 3.05) is 23.8 Å². The largest absolute Gasteiger partial charge is 1.00 e. The van der Waals surface area contributed by atoms with Gasteiger partial charge < -0.3 is 35.7 Å². The predicted octanol–water partition coefficient (Wildman–Crippen LogP) is -5.78. The second kappa shape index (κ2) is 12.9. The second-order valence-corrected chi connectivity index (χ2v) is 10.8. The molecule has 1 fully saturated rings. The Morgan fingerprint density at radius 3 is 2.66 bits per heavy atom. The third-order valence-corrected chi connectivity index (χ3v) is 8.32. The number of carbonyl (C=O) groups excluding carboxylic acids is 4. The predicted molar refractivity (Wildman–Crippen MR) is 129 cm³/mol. The number of aliphatic carboxylic acids is 2. The van der Waals surface area contributed by atoms with Gasteiger partial charge in [-0.15, -0.1) is 34.9 Å². The van der Waals surface area contributed by atoms with Gasteiger partial charge in [-0.05, 0) is 5.57 Å². The van der Waals surface area contributed by atoms with Crippen LogP contribution in [0.3, 0.4) is 0 Å². The molecule has 0 saturated carbocycles. The number of rotatable bonds is 10. The maximum atomic E-state index is 12.9. The summed E-state index contributed by atoms with van der Waals surface area (Å²) >= 11 is 3.75. The molecule has 194 valence electrons. The van der Waals surface area contributed by atoms with Gasteiger partial charge in [0.25, 0.3) is 11.8 Å². The van der Waals surface area contributed by atoms with E-state index < -0.39 is 47.5 Å². The van der Waals surface area contributed by atoms with E-state index >= 15 is 0 Å². The van der Waals surface area contributed by atoms with E-state index in [4.69, 9.17) is 5.73 Å². The molecule has 2 aromatic heterocycles. The number of aryl methyl sites for hydroxylation is 1. The first-order chi connectivity index (χ1) is 17.7. The Labute approximate surface area is 250 Å². The van der Waals surface area contributed by atoms with Crippen LogP contribution in [0.1, 0.15) is 5.69 Å². The number of hydrogen-bond acceptors (Lipinski definition) is 13. The summed E-state index contributed by atoms with van der Waals surface area (Å²) in [5, 5.41) is 29.5. The number of anilines is 1. The zero-order valence-corrected chi connectivity index (χ0v) is 24.6. The van der Waals surface area contributed by atoms with Crippen molar-refractivity contribution in [3.63, 3.8) is 0 Å². The number of carbonyl (C=O) groups is 4. The molecule has 2 aliphatic heterocycles. The van der Waals surface area contributed by atoms with E-state index in [9.17, 15) is 29.4 Å². The van der Waals surface area contributed by atoms with E-state index in [1.807, 2.05) is 36.1 Å². The van der Waals surface area contributed by atoms with Gasteiger partial charge in [-0.2, -0.15) is 0 Å². The van der Waals surface area contributed by atoms with Gasteiger partial charge in [0.15, 0.2) is 29.8 Å². The van der Waals surface area contributed by atoms with Gasteiger partial charge >= 0.3 is 29.6 Å². The number of hydrogen-bond donors (Lipinski definition) is 2. The van der Waals surface area contributed by atoms with Crippen molar-refractivity contribution >= 4 is 69.5 Å². The molecule has 1 saturated heterocycles. The molecule has 2 aromatic rings. The van der Waals surface area contributed by atoms with Gasteiger partial charge in [-0.25, -0.2) is 9.55 Å². The topological polar surface area (TPSA) is 194 Å². The van der Waals surface area contributed by atoms with Gasteiger partial charge in [0, 0.05) is 33.9 Å². The first-order valence-electron chi connectivity index (χ1n) is 10.5. The number of carboxylic acids is 2. The van der Waals surface area contributed by atoms with Crippen molar-refractivity contribution in [2.24, 2.45) is 12.2 Å². The van der Waals surface area contributed by atoms with Crippen LogP contribution in [0.4, 0.5) is 5.13 Å². The molecule has 2 aliphatic rings. The monoisotopic (exact) mass is 586 g/mol. The number of nitrogens with one attached hydrogen (secondary N) is 1. The van der Waals surface area contributed by atoms with E-state index in [0.717, 1.165) is 21.1 Å². The molecular formula is C21H19N6NaO7S3.